The number of rotatable bonds is 23. The Bertz CT molecular complexity index is 938. The largest absolute Gasteiger partial charge is 0.466 e. The first-order chi connectivity index (χ1) is 20.4. The monoisotopic (exact) mass is 586 g/mol. The van der Waals surface area contributed by atoms with Crippen molar-refractivity contribution < 1.29 is 34.0 Å². The number of aliphatic hydroxyl groups is 2. The Hall–Kier alpha value is -2.48. The molecule has 0 radical (unpaired) electrons. The highest BCUT2D eigenvalue weighted by Crippen LogP contribution is 2.31. The van der Waals surface area contributed by atoms with E-state index >= 15 is 0 Å². The topological polar surface area (TPSA) is 102 Å². The van der Waals surface area contributed by atoms with Gasteiger partial charge in [-0.05, 0) is 36.0 Å². The van der Waals surface area contributed by atoms with E-state index in [-0.39, 0.29) is 31.6 Å². The Morgan fingerprint density at radius 3 is 2.00 bits per heavy atom. The third kappa shape index (κ3) is 13.7. The van der Waals surface area contributed by atoms with Crippen LogP contribution in [-0.2, 0) is 23.8 Å². The Morgan fingerprint density at radius 1 is 0.857 bits per heavy atom. The van der Waals surface area contributed by atoms with E-state index in [1.807, 2.05) is 30.4 Å². The number of hydrogen-bond donors (Lipinski definition) is 2. The average Bonchev–Trinajstić information content (AvgIpc) is 3.03. The summed E-state index contributed by atoms with van der Waals surface area (Å²) in [4.78, 5) is 24.8. The third-order valence-corrected chi connectivity index (χ3v) is 7.94. The van der Waals surface area contributed by atoms with E-state index in [4.69, 9.17) is 24.4 Å². The molecule has 0 amide bonds. The molecule has 2 unspecified atom stereocenters. The van der Waals surface area contributed by atoms with Gasteiger partial charge >= 0.3 is 11.9 Å². The minimum absolute atomic E-state index is 0.0644. The SMILES string of the molecule is CCC(C)COC(=O)C1(OCCCCCCCCCCCCOC(=O)CC(CO)CO)C=CC(c2ccccc2)=CC1. The summed E-state index contributed by atoms with van der Waals surface area (Å²) in [5, 5.41) is 18.0. The number of ether oxygens (including phenoxy) is 3. The lowest BCUT2D eigenvalue weighted by Gasteiger charge is -2.31. The van der Waals surface area contributed by atoms with Crippen molar-refractivity contribution in [1.29, 1.82) is 0 Å². The molecule has 42 heavy (non-hydrogen) atoms. The molecular weight excluding hydrogens is 532 g/mol. The van der Waals surface area contributed by atoms with Crippen LogP contribution >= 0.6 is 0 Å². The molecule has 0 saturated heterocycles. The Labute approximate surface area is 253 Å². The molecule has 0 bridgehead atoms. The molecule has 0 heterocycles. The lowest BCUT2D eigenvalue weighted by atomic mass is 9.89. The van der Waals surface area contributed by atoms with Crippen molar-refractivity contribution in [3.63, 3.8) is 0 Å². The third-order valence-electron chi connectivity index (χ3n) is 7.94. The molecule has 1 aromatic rings. The van der Waals surface area contributed by atoms with E-state index < -0.39 is 11.5 Å². The number of carbonyl (C=O) groups is 2. The second-order valence-corrected chi connectivity index (χ2v) is 11.6. The maximum atomic E-state index is 13.2. The number of hydrogen-bond acceptors (Lipinski definition) is 7. The average molecular weight is 587 g/mol. The van der Waals surface area contributed by atoms with Crippen LogP contribution in [0.5, 0.6) is 0 Å². The zero-order chi connectivity index (χ0) is 30.5. The van der Waals surface area contributed by atoms with E-state index in [0.717, 1.165) is 56.1 Å². The van der Waals surface area contributed by atoms with Gasteiger partial charge in [-0.3, -0.25) is 4.79 Å². The molecule has 0 spiro atoms. The molecule has 2 atom stereocenters. The fourth-order valence-corrected chi connectivity index (χ4v) is 4.78. The van der Waals surface area contributed by atoms with Crippen molar-refractivity contribution in [2.75, 3.05) is 33.0 Å². The summed E-state index contributed by atoms with van der Waals surface area (Å²) < 4.78 is 17.1. The molecule has 2 N–H and O–H groups in total. The van der Waals surface area contributed by atoms with Crippen molar-refractivity contribution in [1.82, 2.24) is 0 Å². The summed E-state index contributed by atoms with van der Waals surface area (Å²) in [5.74, 6) is -0.750. The first-order valence-electron chi connectivity index (χ1n) is 16.1. The van der Waals surface area contributed by atoms with Gasteiger partial charge in [-0.1, -0.05) is 114 Å². The molecule has 7 heteroatoms. The zero-order valence-electron chi connectivity index (χ0n) is 25.9. The quantitative estimate of drug-likeness (QED) is 0.107. The van der Waals surface area contributed by atoms with Crippen molar-refractivity contribution >= 4 is 17.5 Å². The number of aliphatic hydroxyl groups excluding tert-OH is 2. The summed E-state index contributed by atoms with van der Waals surface area (Å²) in [6.45, 7) is 5.11. The normalized spacial score (nSPS) is 17.2. The van der Waals surface area contributed by atoms with Crippen LogP contribution in [-0.4, -0.2) is 60.8 Å². The van der Waals surface area contributed by atoms with E-state index in [2.05, 4.69) is 32.1 Å². The number of esters is 2. The van der Waals surface area contributed by atoms with Crippen molar-refractivity contribution in [3.05, 3.63) is 54.1 Å². The minimum Gasteiger partial charge on any atom is -0.466 e. The highest BCUT2D eigenvalue weighted by molar-refractivity contribution is 5.86. The molecule has 0 aliphatic heterocycles. The Morgan fingerprint density at radius 2 is 1.45 bits per heavy atom. The van der Waals surface area contributed by atoms with Gasteiger partial charge in [-0.25, -0.2) is 4.79 Å². The smallest absolute Gasteiger partial charge is 0.342 e. The molecule has 7 nitrogen and oxygen atoms in total. The van der Waals surface area contributed by atoms with Gasteiger partial charge in [0.15, 0.2) is 5.60 Å². The molecule has 1 aromatic carbocycles. The van der Waals surface area contributed by atoms with Crippen LogP contribution in [0, 0.1) is 11.8 Å². The fourth-order valence-electron chi connectivity index (χ4n) is 4.78. The molecule has 1 aliphatic rings. The lowest BCUT2D eigenvalue weighted by Crippen LogP contribution is -2.42. The summed E-state index contributed by atoms with van der Waals surface area (Å²) in [5.41, 5.74) is 1.17. The van der Waals surface area contributed by atoms with Gasteiger partial charge in [0.25, 0.3) is 0 Å². The summed E-state index contributed by atoms with van der Waals surface area (Å²) in [7, 11) is 0. The summed E-state index contributed by atoms with van der Waals surface area (Å²) in [6, 6.07) is 10.2. The molecular formula is C35H54O7. The van der Waals surface area contributed by atoms with E-state index in [1.54, 1.807) is 0 Å². The van der Waals surface area contributed by atoms with Crippen LogP contribution in [0.1, 0.15) is 103 Å². The van der Waals surface area contributed by atoms with Crippen molar-refractivity contribution in [3.8, 4) is 0 Å². The van der Waals surface area contributed by atoms with E-state index in [1.165, 1.54) is 25.7 Å². The summed E-state index contributed by atoms with van der Waals surface area (Å²) >= 11 is 0. The van der Waals surface area contributed by atoms with Gasteiger partial charge in [0.1, 0.15) is 0 Å². The van der Waals surface area contributed by atoms with Gasteiger partial charge in [-0.2, -0.15) is 0 Å². The number of carbonyl (C=O) groups excluding carboxylic acids is 2. The molecule has 0 saturated carbocycles. The van der Waals surface area contributed by atoms with Gasteiger partial charge in [0.2, 0.25) is 0 Å². The van der Waals surface area contributed by atoms with Gasteiger partial charge in [0, 0.05) is 32.2 Å². The first-order valence-corrected chi connectivity index (χ1v) is 16.1. The Kier molecular flexibility index (Phi) is 18.1. The maximum Gasteiger partial charge on any atom is 0.342 e. The highest BCUT2D eigenvalue weighted by Gasteiger charge is 2.39. The second-order valence-electron chi connectivity index (χ2n) is 11.6. The minimum atomic E-state index is -1.05. The Balaban J connectivity index is 1.59. The molecule has 0 aromatic heterocycles. The molecule has 1 aliphatic carbocycles. The molecule has 0 fully saturated rings. The van der Waals surface area contributed by atoms with Gasteiger partial charge in [0.05, 0.1) is 19.6 Å². The van der Waals surface area contributed by atoms with Crippen LogP contribution < -0.4 is 0 Å². The maximum absolute atomic E-state index is 13.2. The number of unbranched alkanes of at least 4 members (excludes halogenated alkanes) is 9. The van der Waals surface area contributed by atoms with Crippen LogP contribution in [0.3, 0.4) is 0 Å². The lowest BCUT2D eigenvalue weighted by molar-refractivity contribution is -0.167. The second kappa shape index (κ2) is 21.2. The van der Waals surface area contributed by atoms with Gasteiger partial charge < -0.3 is 24.4 Å². The van der Waals surface area contributed by atoms with E-state index in [0.29, 0.717) is 32.2 Å². The zero-order valence-corrected chi connectivity index (χ0v) is 25.9. The van der Waals surface area contributed by atoms with Crippen LogP contribution in [0.4, 0.5) is 0 Å². The fraction of sp³-hybridized carbons (Fsp3) is 0.657. The first kappa shape index (κ1) is 35.7. The van der Waals surface area contributed by atoms with Gasteiger partial charge in [-0.15, -0.1) is 0 Å². The van der Waals surface area contributed by atoms with Crippen LogP contribution in [0.15, 0.2) is 48.6 Å². The number of allylic oxidation sites excluding steroid dienone is 2. The highest BCUT2D eigenvalue weighted by atomic mass is 16.6. The van der Waals surface area contributed by atoms with Crippen LogP contribution in [0.2, 0.25) is 0 Å². The standard InChI is InChI=1S/C35H54O7/c1-3-29(2)28-41-34(39)35(21-19-32(20-22-35)31-17-13-12-14-18-31)42-24-16-11-9-7-5-4-6-8-10-15-23-40-33(38)25-30(26-36)27-37/h12-14,17-21,29-30,36-37H,3-11,15-16,22-28H2,1-2H3. The van der Waals surface area contributed by atoms with E-state index in [9.17, 15) is 9.59 Å². The van der Waals surface area contributed by atoms with Crippen molar-refractivity contribution in [2.24, 2.45) is 11.8 Å². The predicted molar refractivity (Wildman–Crippen MR) is 167 cm³/mol. The molecule has 2 rings (SSSR count). The predicted octanol–water partition coefficient (Wildman–Crippen LogP) is 6.81. The molecule has 236 valence electrons. The van der Waals surface area contributed by atoms with Crippen molar-refractivity contribution in [2.45, 2.75) is 103 Å². The van der Waals surface area contributed by atoms with Crippen LogP contribution in [0.25, 0.3) is 5.57 Å². The summed E-state index contributed by atoms with van der Waals surface area (Å²) in [6.07, 6.45) is 18.4. The number of benzene rings is 1.